The van der Waals surface area contributed by atoms with Crippen molar-refractivity contribution >= 4 is 33.2 Å². The van der Waals surface area contributed by atoms with Gasteiger partial charge in [-0.1, -0.05) is 0 Å². The number of aliphatic carboxylic acids is 1. The van der Waals surface area contributed by atoms with Crippen LogP contribution in [0.25, 0.3) is 0 Å². The number of rotatable bonds is 6. The van der Waals surface area contributed by atoms with Crippen LogP contribution in [0.15, 0.2) is 16.3 Å². The van der Waals surface area contributed by atoms with E-state index in [0.717, 1.165) is 4.88 Å². The number of hydrogen-bond donors (Lipinski definition) is 2. The lowest BCUT2D eigenvalue weighted by Gasteiger charge is -2.29. The van der Waals surface area contributed by atoms with Gasteiger partial charge in [-0.25, -0.2) is 8.42 Å². The molecule has 7 nitrogen and oxygen atoms in total. The molecule has 23 heavy (non-hydrogen) atoms. The fraction of sp³-hybridized carbons (Fsp3) is 0.571. The first-order chi connectivity index (χ1) is 10.8. The van der Waals surface area contributed by atoms with E-state index in [1.54, 1.807) is 12.1 Å². The van der Waals surface area contributed by atoms with Crippen molar-refractivity contribution in [2.45, 2.75) is 30.4 Å². The molecule has 1 aromatic heterocycles. The van der Waals surface area contributed by atoms with Gasteiger partial charge in [-0.05, 0) is 31.4 Å². The molecule has 2 N–H and O–H groups in total. The Hall–Kier alpha value is -1.45. The molecule has 9 heteroatoms. The monoisotopic (exact) mass is 360 g/mol. The number of carboxylic acids is 1. The van der Waals surface area contributed by atoms with Crippen LogP contribution >= 0.6 is 11.3 Å². The van der Waals surface area contributed by atoms with Crippen molar-refractivity contribution in [2.24, 2.45) is 5.92 Å². The second-order valence-electron chi connectivity index (χ2n) is 5.49. The highest BCUT2D eigenvalue weighted by Crippen LogP contribution is 2.28. The van der Waals surface area contributed by atoms with E-state index >= 15 is 0 Å². The maximum absolute atomic E-state index is 12.6. The van der Waals surface area contributed by atoms with Crippen molar-refractivity contribution in [2.75, 3.05) is 19.6 Å². The lowest BCUT2D eigenvalue weighted by Crippen LogP contribution is -2.41. The summed E-state index contributed by atoms with van der Waals surface area (Å²) in [5, 5.41) is 11.8. The van der Waals surface area contributed by atoms with Gasteiger partial charge in [0.05, 0.1) is 5.92 Å². The molecule has 1 amide bonds. The molecule has 128 valence electrons. The Morgan fingerprint density at radius 3 is 2.83 bits per heavy atom. The first kappa shape index (κ1) is 17.9. The summed E-state index contributed by atoms with van der Waals surface area (Å²) in [5.74, 6) is -1.72. The summed E-state index contributed by atoms with van der Waals surface area (Å²) < 4.78 is 26.7. The van der Waals surface area contributed by atoms with Crippen molar-refractivity contribution in [1.82, 2.24) is 9.62 Å². The van der Waals surface area contributed by atoms with Gasteiger partial charge in [-0.2, -0.15) is 4.31 Å². The fourth-order valence-electron chi connectivity index (χ4n) is 2.48. The summed E-state index contributed by atoms with van der Waals surface area (Å²) in [6.45, 7) is 2.27. The van der Waals surface area contributed by atoms with Crippen LogP contribution < -0.4 is 5.32 Å². The Morgan fingerprint density at radius 1 is 1.43 bits per heavy atom. The number of sulfonamides is 1. The van der Waals surface area contributed by atoms with E-state index < -0.39 is 21.9 Å². The highest BCUT2D eigenvalue weighted by Gasteiger charge is 2.33. The standard InChI is InChI=1S/C14H20N2O5S2/c1-10(17)15-7-6-12-4-5-13(22-12)23(20,21)16-8-2-3-11(9-16)14(18)19/h4-5,11H,2-3,6-9H2,1H3,(H,15,17)(H,18,19). The van der Waals surface area contributed by atoms with Crippen LogP contribution in [0.5, 0.6) is 0 Å². The van der Waals surface area contributed by atoms with E-state index in [0.29, 0.717) is 32.4 Å². The van der Waals surface area contributed by atoms with Gasteiger partial charge in [0.2, 0.25) is 5.91 Å². The van der Waals surface area contributed by atoms with Crippen LogP contribution in [-0.2, 0) is 26.0 Å². The minimum absolute atomic E-state index is 0.0246. The zero-order chi connectivity index (χ0) is 17.0. The lowest BCUT2D eigenvalue weighted by atomic mass is 10.0. The summed E-state index contributed by atoms with van der Waals surface area (Å²) in [4.78, 5) is 22.8. The first-order valence-corrected chi connectivity index (χ1v) is 9.62. The number of nitrogens with zero attached hydrogens (tertiary/aromatic N) is 1. The Morgan fingerprint density at radius 2 is 2.17 bits per heavy atom. The van der Waals surface area contributed by atoms with Crippen LogP contribution in [0.3, 0.4) is 0 Å². The van der Waals surface area contributed by atoms with Gasteiger partial charge in [-0.3, -0.25) is 9.59 Å². The van der Waals surface area contributed by atoms with Crippen molar-refractivity contribution in [3.05, 3.63) is 17.0 Å². The van der Waals surface area contributed by atoms with Crippen LogP contribution in [0.1, 0.15) is 24.6 Å². The predicted molar refractivity (Wildman–Crippen MR) is 85.8 cm³/mol. The highest BCUT2D eigenvalue weighted by molar-refractivity contribution is 7.91. The molecule has 0 bridgehead atoms. The zero-order valence-electron chi connectivity index (χ0n) is 12.8. The minimum atomic E-state index is -3.65. The van der Waals surface area contributed by atoms with E-state index in [9.17, 15) is 18.0 Å². The summed E-state index contributed by atoms with van der Waals surface area (Å²) in [5.41, 5.74) is 0. The maximum atomic E-state index is 12.6. The SMILES string of the molecule is CC(=O)NCCc1ccc(S(=O)(=O)N2CCCC(C(=O)O)C2)s1. The number of carbonyl (C=O) groups excluding carboxylic acids is 1. The number of thiophene rings is 1. The number of carbonyl (C=O) groups is 2. The second-order valence-corrected chi connectivity index (χ2v) is 8.83. The molecule has 0 aromatic carbocycles. The van der Waals surface area contributed by atoms with Crippen molar-refractivity contribution < 1.29 is 23.1 Å². The molecule has 1 saturated heterocycles. The number of nitrogens with one attached hydrogen (secondary N) is 1. The van der Waals surface area contributed by atoms with E-state index in [-0.39, 0.29) is 16.7 Å². The molecular weight excluding hydrogens is 340 g/mol. The minimum Gasteiger partial charge on any atom is -0.481 e. The Kier molecular flexibility index (Phi) is 5.77. The van der Waals surface area contributed by atoms with Gasteiger partial charge >= 0.3 is 5.97 Å². The number of piperidine rings is 1. The Balaban J connectivity index is 2.06. The van der Waals surface area contributed by atoms with Crippen LogP contribution in [0, 0.1) is 5.92 Å². The number of amides is 1. The summed E-state index contributed by atoms with van der Waals surface area (Å²) in [6.07, 6.45) is 1.63. The third kappa shape index (κ3) is 4.52. The van der Waals surface area contributed by atoms with Gasteiger partial charge < -0.3 is 10.4 Å². The average Bonchev–Trinajstić information content (AvgIpc) is 2.96. The molecule has 1 aliphatic heterocycles. The normalized spacial score (nSPS) is 19.4. The molecule has 0 aliphatic carbocycles. The third-order valence-electron chi connectivity index (χ3n) is 3.71. The van der Waals surface area contributed by atoms with Crippen molar-refractivity contribution in [3.63, 3.8) is 0 Å². The predicted octanol–water partition coefficient (Wildman–Crippen LogP) is 0.912. The second kappa shape index (κ2) is 7.41. The van der Waals surface area contributed by atoms with Crippen molar-refractivity contribution in [1.29, 1.82) is 0 Å². The molecule has 2 rings (SSSR count). The highest BCUT2D eigenvalue weighted by atomic mass is 32.2. The lowest BCUT2D eigenvalue weighted by molar-refractivity contribution is -0.142. The molecule has 0 radical (unpaired) electrons. The summed E-state index contributed by atoms with van der Waals surface area (Å²) >= 11 is 1.17. The fourth-order valence-corrected chi connectivity index (χ4v) is 5.52. The van der Waals surface area contributed by atoms with E-state index in [2.05, 4.69) is 5.32 Å². The van der Waals surface area contributed by atoms with Gasteiger partial charge in [-0.15, -0.1) is 11.3 Å². The molecule has 0 saturated carbocycles. The molecule has 1 aromatic rings. The maximum Gasteiger partial charge on any atom is 0.307 e. The number of hydrogen-bond acceptors (Lipinski definition) is 5. The number of carboxylic acid groups (broad SMARTS) is 1. The first-order valence-electron chi connectivity index (χ1n) is 7.37. The molecule has 0 spiro atoms. The summed E-state index contributed by atoms with van der Waals surface area (Å²) in [7, 11) is -3.65. The topological polar surface area (TPSA) is 104 Å². The third-order valence-corrected chi connectivity index (χ3v) is 7.19. The quantitative estimate of drug-likeness (QED) is 0.785. The van der Waals surface area contributed by atoms with Gasteiger partial charge in [0.1, 0.15) is 4.21 Å². The van der Waals surface area contributed by atoms with Gasteiger partial charge in [0, 0.05) is 31.4 Å². The molecule has 1 unspecified atom stereocenters. The molecule has 1 aliphatic rings. The Bertz CT molecular complexity index is 683. The smallest absolute Gasteiger partial charge is 0.307 e. The zero-order valence-corrected chi connectivity index (χ0v) is 14.5. The largest absolute Gasteiger partial charge is 0.481 e. The molecular formula is C14H20N2O5S2. The van der Waals surface area contributed by atoms with Gasteiger partial charge in [0.15, 0.2) is 0 Å². The summed E-state index contributed by atoms with van der Waals surface area (Å²) in [6, 6.07) is 3.28. The average molecular weight is 360 g/mol. The molecule has 2 heterocycles. The van der Waals surface area contributed by atoms with Crippen LogP contribution in [0.2, 0.25) is 0 Å². The van der Waals surface area contributed by atoms with E-state index in [1.807, 2.05) is 0 Å². The van der Waals surface area contributed by atoms with Crippen LogP contribution in [0.4, 0.5) is 0 Å². The van der Waals surface area contributed by atoms with Crippen LogP contribution in [-0.4, -0.2) is 49.3 Å². The van der Waals surface area contributed by atoms with E-state index in [4.69, 9.17) is 5.11 Å². The molecule has 1 atom stereocenters. The van der Waals surface area contributed by atoms with Crippen molar-refractivity contribution in [3.8, 4) is 0 Å². The van der Waals surface area contributed by atoms with E-state index in [1.165, 1.54) is 22.6 Å². The van der Waals surface area contributed by atoms with Gasteiger partial charge in [0.25, 0.3) is 10.0 Å². The Labute approximate surface area is 139 Å². The molecule has 1 fully saturated rings.